The summed E-state index contributed by atoms with van der Waals surface area (Å²) in [6.45, 7) is 7.20. The van der Waals surface area contributed by atoms with Gasteiger partial charge in [-0.25, -0.2) is 4.68 Å². The van der Waals surface area contributed by atoms with Crippen molar-refractivity contribution >= 4 is 17.3 Å². The lowest BCUT2D eigenvalue weighted by Gasteiger charge is -2.36. The summed E-state index contributed by atoms with van der Waals surface area (Å²) < 4.78 is 1.43. The molecule has 0 aromatic carbocycles. The number of hydrogen-bond donors (Lipinski definition) is 1. The smallest absolute Gasteiger partial charge is 0.287 e. The molecule has 112 valence electrons. The predicted molar refractivity (Wildman–Crippen MR) is 83.5 cm³/mol. The maximum atomic E-state index is 12.1. The second-order valence-electron chi connectivity index (χ2n) is 6.50. The molecule has 5 heteroatoms. The van der Waals surface area contributed by atoms with Crippen LogP contribution < -0.4 is 10.9 Å². The summed E-state index contributed by atoms with van der Waals surface area (Å²) in [7, 11) is 0. The fourth-order valence-corrected chi connectivity index (χ4v) is 3.18. The standard InChI is InChI=1S/C15H24ClN3O/c1-4-8-19-14(20)13(16)12(10-17-19)18-11-6-5-7-15(2,3)9-11/h10-11,18H,4-9H2,1-3H3. The third-order valence-corrected chi connectivity index (χ3v) is 4.35. The first kappa shape index (κ1) is 15.4. The van der Waals surface area contributed by atoms with Crippen molar-refractivity contribution in [3.8, 4) is 0 Å². The third kappa shape index (κ3) is 3.54. The molecule has 0 saturated heterocycles. The van der Waals surface area contributed by atoms with E-state index in [1.54, 1.807) is 6.20 Å². The Balaban J connectivity index is 2.14. The number of nitrogens with zero attached hydrogens (tertiary/aromatic N) is 2. The Hall–Kier alpha value is -1.03. The van der Waals surface area contributed by atoms with Crippen molar-refractivity contribution in [3.05, 3.63) is 21.6 Å². The SMILES string of the molecule is CCCn1ncc(NC2CCCC(C)(C)C2)c(Cl)c1=O. The van der Waals surface area contributed by atoms with E-state index in [2.05, 4.69) is 24.3 Å². The van der Waals surface area contributed by atoms with Gasteiger partial charge in [0.2, 0.25) is 0 Å². The predicted octanol–water partition coefficient (Wildman–Crippen LogP) is 3.69. The van der Waals surface area contributed by atoms with Crippen molar-refractivity contribution in [2.75, 3.05) is 5.32 Å². The molecule has 1 heterocycles. The van der Waals surface area contributed by atoms with Crippen LogP contribution in [0.2, 0.25) is 5.02 Å². The molecule has 4 nitrogen and oxygen atoms in total. The fraction of sp³-hybridized carbons (Fsp3) is 0.733. The Bertz CT molecular complexity index is 524. The lowest BCUT2D eigenvalue weighted by atomic mass is 9.75. The van der Waals surface area contributed by atoms with E-state index >= 15 is 0 Å². The molecule has 1 aliphatic carbocycles. The van der Waals surface area contributed by atoms with E-state index in [-0.39, 0.29) is 10.6 Å². The molecule has 0 bridgehead atoms. The highest BCUT2D eigenvalue weighted by Gasteiger charge is 2.28. The van der Waals surface area contributed by atoms with E-state index in [4.69, 9.17) is 11.6 Å². The number of rotatable bonds is 4. The van der Waals surface area contributed by atoms with Gasteiger partial charge in [-0.2, -0.15) is 5.10 Å². The molecule has 1 aromatic heterocycles. The second kappa shape index (κ2) is 6.17. The molecule has 20 heavy (non-hydrogen) atoms. The van der Waals surface area contributed by atoms with Crippen molar-refractivity contribution < 1.29 is 0 Å². The van der Waals surface area contributed by atoms with Crippen LogP contribution in [-0.4, -0.2) is 15.8 Å². The molecular formula is C15H24ClN3O. The Kier molecular flexibility index (Phi) is 4.74. The van der Waals surface area contributed by atoms with Crippen LogP contribution in [0.25, 0.3) is 0 Å². The van der Waals surface area contributed by atoms with Gasteiger partial charge in [0.15, 0.2) is 0 Å². The molecule has 0 spiro atoms. The molecule has 1 fully saturated rings. The van der Waals surface area contributed by atoms with Gasteiger partial charge >= 0.3 is 0 Å². The van der Waals surface area contributed by atoms with Crippen molar-refractivity contribution in [2.24, 2.45) is 5.41 Å². The normalized spacial score (nSPS) is 21.7. The van der Waals surface area contributed by atoms with Crippen LogP contribution in [0.3, 0.4) is 0 Å². The second-order valence-corrected chi connectivity index (χ2v) is 6.88. The number of aryl methyl sites for hydroxylation is 1. The van der Waals surface area contributed by atoms with Crippen LogP contribution in [0.5, 0.6) is 0 Å². The zero-order valence-electron chi connectivity index (χ0n) is 12.6. The van der Waals surface area contributed by atoms with Crippen LogP contribution in [0.1, 0.15) is 52.9 Å². The van der Waals surface area contributed by atoms with Crippen molar-refractivity contribution in [2.45, 2.75) is 65.5 Å². The Labute approximate surface area is 125 Å². The summed E-state index contributed by atoms with van der Waals surface area (Å²) in [5, 5.41) is 7.86. The quantitative estimate of drug-likeness (QED) is 0.922. The lowest BCUT2D eigenvalue weighted by Crippen LogP contribution is -2.33. The number of nitrogens with one attached hydrogen (secondary N) is 1. The molecule has 1 unspecified atom stereocenters. The van der Waals surface area contributed by atoms with Crippen LogP contribution in [0, 0.1) is 5.41 Å². The highest BCUT2D eigenvalue weighted by atomic mass is 35.5. The minimum Gasteiger partial charge on any atom is -0.380 e. The first-order valence-corrected chi connectivity index (χ1v) is 7.83. The topological polar surface area (TPSA) is 46.9 Å². The van der Waals surface area contributed by atoms with Crippen molar-refractivity contribution in [3.63, 3.8) is 0 Å². The van der Waals surface area contributed by atoms with Crippen LogP contribution in [-0.2, 0) is 6.54 Å². The molecule has 1 N–H and O–H groups in total. The van der Waals surface area contributed by atoms with Gasteiger partial charge < -0.3 is 5.32 Å². The summed E-state index contributed by atoms with van der Waals surface area (Å²) >= 11 is 6.19. The molecule has 2 rings (SSSR count). The van der Waals surface area contributed by atoms with Crippen molar-refractivity contribution in [1.29, 1.82) is 0 Å². The molecule has 1 atom stereocenters. The Morgan fingerprint density at radius 3 is 2.95 bits per heavy atom. The highest BCUT2D eigenvalue weighted by molar-refractivity contribution is 6.32. The Morgan fingerprint density at radius 2 is 2.30 bits per heavy atom. The van der Waals surface area contributed by atoms with Crippen molar-refractivity contribution in [1.82, 2.24) is 9.78 Å². The van der Waals surface area contributed by atoms with E-state index in [1.165, 1.54) is 17.5 Å². The monoisotopic (exact) mass is 297 g/mol. The van der Waals surface area contributed by atoms with Crippen LogP contribution in [0.15, 0.2) is 11.0 Å². The maximum absolute atomic E-state index is 12.1. The zero-order valence-corrected chi connectivity index (χ0v) is 13.3. The summed E-state index contributed by atoms with van der Waals surface area (Å²) in [4.78, 5) is 12.1. The number of aromatic nitrogens is 2. The van der Waals surface area contributed by atoms with Gasteiger partial charge in [-0.3, -0.25) is 4.79 Å². The molecule has 1 aromatic rings. The first-order valence-electron chi connectivity index (χ1n) is 7.45. The number of anilines is 1. The zero-order chi connectivity index (χ0) is 14.8. The summed E-state index contributed by atoms with van der Waals surface area (Å²) in [5.41, 5.74) is 0.827. The molecule has 1 aliphatic rings. The van der Waals surface area contributed by atoms with Gasteiger partial charge in [0.1, 0.15) is 5.02 Å². The highest BCUT2D eigenvalue weighted by Crippen LogP contribution is 2.36. The van der Waals surface area contributed by atoms with Crippen LogP contribution >= 0.6 is 11.6 Å². The van der Waals surface area contributed by atoms with E-state index in [0.717, 1.165) is 19.3 Å². The van der Waals surface area contributed by atoms with Gasteiger partial charge in [0.25, 0.3) is 5.56 Å². The van der Waals surface area contributed by atoms with Gasteiger partial charge in [0.05, 0.1) is 11.9 Å². The molecule has 0 radical (unpaired) electrons. The van der Waals surface area contributed by atoms with Gasteiger partial charge in [-0.15, -0.1) is 0 Å². The Morgan fingerprint density at radius 1 is 1.55 bits per heavy atom. The molecule has 1 saturated carbocycles. The maximum Gasteiger partial charge on any atom is 0.287 e. The van der Waals surface area contributed by atoms with Gasteiger partial charge in [-0.1, -0.05) is 38.8 Å². The minimum absolute atomic E-state index is 0.200. The number of hydrogen-bond acceptors (Lipinski definition) is 3. The summed E-state index contributed by atoms with van der Waals surface area (Å²) in [6.07, 6.45) is 7.24. The largest absolute Gasteiger partial charge is 0.380 e. The summed E-state index contributed by atoms with van der Waals surface area (Å²) in [5.74, 6) is 0. The number of halogens is 1. The molecule has 0 amide bonds. The molecular weight excluding hydrogens is 274 g/mol. The first-order chi connectivity index (χ1) is 9.43. The third-order valence-electron chi connectivity index (χ3n) is 3.99. The minimum atomic E-state index is -0.200. The van der Waals surface area contributed by atoms with Gasteiger partial charge in [0, 0.05) is 12.6 Å². The summed E-state index contributed by atoms with van der Waals surface area (Å²) in [6, 6.07) is 0.375. The van der Waals surface area contributed by atoms with E-state index < -0.39 is 0 Å². The van der Waals surface area contributed by atoms with E-state index in [0.29, 0.717) is 23.7 Å². The average Bonchev–Trinajstić information content (AvgIpc) is 2.37. The molecule has 0 aliphatic heterocycles. The van der Waals surface area contributed by atoms with E-state index in [1.807, 2.05) is 6.92 Å². The average molecular weight is 298 g/mol. The lowest BCUT2D eigenvalue weighted by molar-refractivity contribution is 0.229. The van der Waals surface area contributed by atoms with Gasteiger partial charge in [-0.05, 0) is 31.1 Å². The fourth-order valence-electron chi connectivity index (χ4n) is 2.98. The van der Waals surface area contributed by atoms with Crippen LogP contribution in [0.4, 0.5) is 5.69 Å². The van der Waals surface area contributed by atoms with E-state index in [9.17, 15) is 4.79 Å².